The zero-order valence-corrected chi connectivity index (χ0v) is 17.4. The first-order valence-corrected chi connectivity index (χ1v) is 10.6. The molecule has 0 unspecified atom stereocenters. The van der Waals surface area contributed by atoms with Gasteiger partial charge in [0.15, 0.2) is 11.0 Å². The van der Waals surface area contributed by atoms with Crippen LogP contribution >= 0.6 is 23.1 Å². The van der Waals surface area contributed by atoms with Gasteiger partial charge in [-0.05, 0) is 55.1 Å². The SMILES string of the molecule is Cc1ccsc1C(=O)N[C@@H](C)c1nnc(SCCOc2ccc(F)cc2)n1C. The smallest absolute Gasteiger partial charge is 0.262 e. The minimum atomic E-state index is -0.288. The highest BCUT2D eigenvalue weighted by Gasteiger charge is 2.19. The van der Waals surface area contributed by atoms with Crippen LogP contribution in [0.4, 0.5) is 4.39 Å². The average molecular weight is 421 g/mol. The van der Waals surface area contributed by atoms with Crippen LogP contribution in [0.25, 0.3) is 0 Å². The predicted molar refractivity (Wildman–Crippen MR) is 109 cm³/mol. The molecule has 0 saturated carbocycles. The molecule has 1 N–H and O–H groups in total. The second-order valence-corrected chi connectivity index (χ2v) is 8.16. The number of rotatable bonds is 8. The van der Waals surface area contributed by atoms with Crippen molar-refractivity contribution in [1.29, 1.82) is 0 Å². The molecule has 3 aromatic rings. The lowest BCUT2D eigenvalue weighted by Crippen LogP contribution is -2.28. The van der Waals surface area contributed by atoms with E-state index in [1.165, 1.54) is 35.2 Å². The molecule has 6 nitrogen and oxygen atoms in total. The molecule has 0 radical (unpaired) electrons. The van der Waals surface area contributed by atoms with Crippen LogP contribution in [0.15, 0.2) is 40.9 Å². The van der Waals surface area contributed by atoms with Gasteiger partial charge in [-0.15, -0.1) is 21.5 Å². The third kappa shape index (κ3) is 4.90. The largest absolute Gasteiger partial charge is 0.493 e. The normalized spacial score (nSPS) is 12.0. The lowest BCUT2D eigenvalue weighted by Gasteiger charge is -2.13. The number of benzene rings is 1. The van der Waals surface area contributed by atoms with Gasteiger partial charge in [0, 0.05) is 12.8 Å². The number of thioether (sulfide) groups is 1. The Morgan fingerprint density at radius 2 is 2.07 bits per heavy atom. The molecule has 0 aliphatic rings. The van der Waals surface area contributed by atoms with Crippen LogP contribution in [-0.4, -0.2) is 33.0 Å². The number of amides is 1. The molecule has 148 valence electrons. The molecular formula is C19H21FN4O2S2. The van der Waals surface area contributed by atoms with E-state index >= 15 is 0 Å². The Bertz CT molecular complexity index is 940. The highest BCUT2D eigenvalue weighted by atomic mass is 32.2. The van der Waals surface area contributed by atoms with Crippen molar-refractivity contribution in [2.75, 3.05) is 12.4 Å². The molecule has 3 rings (SSSR count). The summed E-state index contributed by atoms with van der Waals surface area (Å²) in [5, 5.41) is 14.0. The molecule has 1 atom stereocenters. The van der Waals surface area contributed by atoms with E-state index in [1.807, 2.05) is 36.9 Å². The predicted octanol–water partition coefficient (Wildman–Crippen LogP) is 3.99. The van der Waals surface area contributed by atoms with E-state index in [0.29, 0.717) is 28.8 Å². The monoisotopic (exact) mass is 420 g/mol. The van der Waals surface area contributed by atoms with Gasteiger partial charge in [-0.2, -0.15) is 0 Å². The first kappa shape index (κ1) is 20.3. The Morgan fingerprint density at radius 3 is 2.75 bits per heavy atom. The van der Waals surface area contributed by atoms with Crippen molar-refractivity contribution >= 4 is 29.0 Å². The zero-order chi connectivity index (χ0) is 20.1. The summed E-state index contributed by atoms with van der Waals surface area (Å²) in [6.45, 7) is 4.26. The first-order valence-electron chi connectivity index (χ1n) is 8.71. The van der Waals surface area contributed by atoms with Crippen LogP contribution in [-0.2, 0) is 7.05 Å². The number of nitrogens with zero attached hydrogens (tertiary/aromatic N) is 3. The molecule has 0 bridgehead atoms. The number of hydrogen-bond donors (Lipinski definition) is 1. The highest BCUT2D eigenvalue weighted by Crippen LogP contribution is 2.21. The van der Waals surface area contributed by atoms with E-state index < -0.39 is 0 Å². The minimum Gasteiger partial charge on any atom is -0.493 e. The fraction of sp³-hybridized carbons (Fsp3) is 0.316. The maximum Gasteiger partial charge on any atom is 0.262 e. The molecule has 28 heavy (non-hydrogen) atoms. The van der Waals surface area contributed by atoms with Crippen molar-refractivity contribution in [3.63, 3.8) is 0 Å². The number of nitrogens with one attached hydrogen (secondary N) is 1. The lowest BCUT2D eigenvalue weighted by molar-refractivity contribution is 0.0941. The number of carbonyl (C=O) groups excluding carboxylic acids is 1. The van der Waals surface area contributed by atoms with Gasteiger partial charge in [0.1, 0.15) is 11.6 Å². The Morgan fingerprint density at radius 1 is 1.32 bits per heavy atom. The number of aryl methyl sites for hydroxylation is 1. The van der Waals surface area contributed by atoms with Crippen LogP contribution in [0, 0.1) is 12.7 Å². The number of thiophene rings is 1. The maximum atomic E-state index is 12.9. The maximum absolute atomic E-state index is 12.9. The molecule has 0 fully saturated rings. The second kappa shape index (κ2) is 9.20. The Hall–Kier alpha value is -2.39. The quantitative estimate of drug-likeness (QED) is 0.441. The van der Waals surface area contributed by atoms with Crippen LogP contribution in [0.1, 0.15) is 34.0 Å². The Balaban J connectivity index is 1.52. The van der Waals surface area contributed by atoms with Crippen molar-refractivity contribution < 1.29 is 13.9 Å². The lowest BCUT2D eigenvalue weighted by atomic mass is 10.2. The molecular weight excluding hydrogens is 399 g/mol. The van der Waals surface area contributed by atoms with Gasteiger partial charge < -0.3 is 14.6 Å². The fourth-order valence-electron chi connectivity index (χ4n) is 2.58. The molecule has 0 aliphatic carbocycles. The van der Waals surface area contributed by atoms with Crippen molar-refractivity contribution in [3.05, 3.63) is 57.8 Å². The third-order valence-electron chi connectivity index (χ3n) is 4.07. The molecule has 9 heteroatoms. The van der Waals surface area contributed by atoms with Gasteiger partial charge in [0.2, 0.25) is 0 Å². The number of carbonyl (C=O) groups is 1. The summed E-state index contributed by atoms with van der Waals surface area (Å²) in [6, 6.07) is 7.58. The van der Waals surface area contributed by atoms with Gasteiger partial charge in [-0.3, -0.25) is 4.79 Å². The van der Waals surface area contributed by atoms with E-state index in [9.17, 15) is 9.18 Å². The van der Waals surface area contributed by atoms with Crippen LogP contribution in [0.5, 0.6) is 5.75 Å². The molecule has 1 amide bonds. The molecule has 0 aliphatic heterocycles. The number of hydrogen-bond acceptors (Lipinski definition) is 6. The molecule has 0 spiro atoms. The molecule has 2 aromatic heterocycles. The summed E-state index contributed by atoms with van der Waals surface area (Å²) >= 11 is 2.93. The van der Waals surface area contributed by atoms with E-state index in [2.05, 4.69) is 15.5 Å². The van der Waals surface area contributed by atoms with Crippen LogP contribution < -0.4 is 10.1 Å². The molecule has 0 saturated heterocycles. The topological polar surface area (TPSA) is 69.0 Å². The zero-order valence-electron chi connectivity index (χ0n) is 15.8. The van der Waals surface area contributed by atoms with Crippen molar-refractivity contribution in [2.24, 2.45) is 7.05 Å². The fourth-order valence-corrected chi connectivity index (χ4v) is 4.15. The Kier molecular flexibility index (Phi) is 6.69. The average Bonchev–Trinajstić information content (AvgIpc) is 3.26. The van der Waals surface area contributed by atoms with Gasteiger partial charge >= 0.3 is 0 Å². The van der Waals surface area contributed by atoms with E-state index in [4.69, 9.17) is 4.74 Å². The highest BCUT2D eigenvalue weighted by molar-refractivity contribution is 7.99. The van der Waals surface area contributed by atoms with Gasteiger partial charge in [0.05, 0.1) is 17.5 Å². The van der Waals surface area contributed by atoms with Crippen molar-refractivity contribution in [3.8, 4) is 5.75 Å². The van der Waals surface area contributed by atoms with Gasteiger partial charge in [-0.25, -0.2) is 4.39 Å². The summed E-state index contributed by atoms with van der Waals surface area (Å²) in [6.07, 6.45) is 0. The number of ether oxygens (including phenoxy) is 1. The van der Waals surface area contributed by atoms with Gasteiger partial charge in [-0.1, -0.05) is 11.8 Å². The van der Waals surface area contributed by atoms with Crippen LogP contribution in [0.3, 0.4) is 0 Å². The van der Waals surface area contributed by atoms with Crippen LogP contribution in [0.2, 0.25) is 0 Å². The second-order valence-electron chi connectivity index (χ2n) is 6.18. The number of aromatic nitrogens is 3. The summed E-state index contributed by atoms with van der Waals surface area (Å²) < 4.78 is 20.3. The summed E-state index contributed by atoms with van der Waals surface area (Å²) in [5.41, 5.74) is 0.963. The van der Waals surface area contributed by atoms with Crippen molar-refractivity contribution in [1.82, 2.24) is 20.1 Å². The standard InChI is InChI=1S/C19H21FN4O2S2/c1-12-8-10-27-16(12)18(25)21-13(2)17-22-23-19(24(17)3)28-11-9-26-15-6-4-14(20)5-7-15/h4-8,10,13H,9,11H2,1-3H3,(H,21,25)/t13-/m0/s1. The van der Waals surface area contributed by atoms with E-state index in [0.717, 1.165) is 10.7 Å². The van der Waals surface area contributed by atoms with Crippen molar-refractivity contribution in [2.45, 2.75) is 25.0 Å². The first-order chi connectivity index (χ1) is 13.5. The summed E-state index contributed by atoms with van der Waals surface area (Å²) in [5.74, 6) is 1.58. The molecule has 1 aromatic carbocycles. The Labute approximate surface area is 171 Å². The summed E-state index contributed by atoms with van der Waals surface area (Å²) in [4.78, 5) is 13.1. The van der Waals surface area contributed by atoms with E-state index in [-0.39, 0.29) is 17.8 Å². The minimum absolute atomic E-state index is 0.107. The van der Waals surface area contributed by atoms with E-state index in [1.54, 1.807) is 12.1 Å². The molecule has 2 heterocycles. The number of halogens is 1. The van der Waals surface area contributed by atoms with Gasteiger partial charge in [0.25, 0.3) is 5.91 Å². The summed E-state index contributed by atoms with van der Waals surface area (Å²) in [7, 11) is 1.87. The third-order valence-corrected chi connectivity index (χ3v) is 6.07.